The van der Waals surface area contributed by atoms with E-state index in [1.807, 2.05) is 0 Å². The Bertz CT molecular complexity index is 76.2. The van der Waals surface area contributed by atoms with Gasteiger partial charge in [-0.05, 0) is 0 Å². The van der Waals surface area contributed by atoms with Crippen LogP contribution >= 0.6 is 74.2 Å². The van der Waals surface area contributed by atoms with E-state index in [1.165, 1.54) is 0 Å². The van der Waals surface area contributed by atoms with Crippen LogP contribution < -0.4 is 0 Å². The molecule has 0 radical (unpaired) electrons. The molecule has 0 aromatic carbocycles. The van der Waals surface area contributed by atoms with E-state index in [2.05, 4.69) is 0 Å². The predicted molar refractivity (Wildman–Crippen MR) is 54.9 cm³/mol. The fourth-order valence-corrected chi connectivity index (χ4v) is 39.1. The summed E-state index contributed by atoms with van der Waals surface area (Å²) in [6.45, 7) is 0. The van der Waals surface area contributed by atoms with Crippen molar-refractivity contribution < 1.29 is 0 Å². The third-order valence-electron chi connectivity index (χ3n) is 0.283. The minimum absolute atomic E-state index is 0.0787. The Morgan fingerprint density at radius 1 is 0.667 bits per heavy atom. The number of hydrogen-bond acceptors (Lipinski definition) is 0. The molecule has 0 aromatic heterocycles. The standard InChI is InChI=1S/Cl6HPSi2/c1-8(2,3)7-9(4,5)6/h7H. The summed E-state index contributed by atoms with van der Waals surface area (Å²) in [7, 11) is -0.0787. The first-order chi connectivity index (χ1) is 3.71. The van der Waals surface area contributed by atoms with Crippen LogP contribution in [0, 0.1) is 0 Å². The molecule has 0 N–H and O–H groups in total. The summed E-state index contributed by atoms with van der Waals surface area (Å²) >= 11 is 32.9. The van der Waals surface area contributed by atoms with Crippen LogP contribution in [0.2, 0.25) is 0 Å². The largest absolute Gasteiger partial charge is 0.362 e. The van der Waals surface area contributed by atoms with E-state index in [-0.39, 0.29) is 7.68 Å². The van der Waals surface area contributed by atoms with Gasteiger partial charge in [0.1, 0.15) is 0 Å². The molecule has 0 rings (SSSR count). The Labute approximate surface area is 84.8 Å². The summed E-state index contributed by atoms with van der Waals surface area (Å²) in [5, 5.41) is 0. The molecule has 0 saturated heterocycles. The highest BCUT2D eigenvalue weighted by Crippen LogP contribution is 2.50. The van der Waals surface area contributed by atoms with E-state index in [4.69, 9.17) is 66.5 Å². The minimum atomic E-state index is -2.68. The van der Waals surface area contributed by atoms with Crippen LogP contribution in [0.4, 0.5) is 0 Å². The van der Waals surface area contributed by atoms with Gasteiger partial charge in [0.25, 0.3) is 0 Å². The average Bonchev–Trinajstić information content (AvgIpc) is 1.14. The Morgan fingerprint density at radius 3 is 0.889 bits per heavy atom. The first kappa shape index (κ1) is 11.6. The molecule has 0 amide bonds. The first-order valence-electron chi connectivity index (χ1n) is 1.63. The molecule has 0 nitrogen and oxygen atoms in total. The Balaban J connectivity index is 3.75. The van der Waals surface area contributed by atoms with E-state index in [0.29, 0.717) is 0 Å². The van der Waals surface area contributed by atoms with Crippen LogP contribution in [0.5, 0.6) is 0 Å². The van der Waals surface area contributed by atoms with E-state index in [9.17, 15) is 0 Å². The first-order valence-corrected chi connectivity index (χ1v) is 14.7. The zero-order valence-corrected chi connectivity index (χ0v) is 11.3. The quantitative estimate of drug-likeness (QED) is 0.411. The van der Waals surface area contributed by atoms with Crippen LogP contribution in [-0.4, -0.2) is 11.3 Å². The summed E-state index contributed by atoms with van der Waals surface area (Å²) in [6, 6.07) is 0. The molecule has 9 heavy (non-hydrogen) atoms. The van der Waals surface area contributed by atoms with Gasteiger partial charge < -0.3 is 0 Å². The van der Waals surface area contributed by atoms with Crippen molar-refractivity contribution in [2.24, 2.45) is 0 Å². The lowest BCUT2D eigenvalue weighted by atomic mass is 27.2. The van der Waals surface area contributed by atoms with Gasteiger partial charge in [0.15, 0.2) is 0 Å². The van der Waals surface area contributed by atoms with Crippen molar-refractivity contribution in [2.75, 3.05) is 0 Å². The number of halogens is 6. The van der Waals surface area contributed by atoms with Crippen molar-refractivity contribution in [2.45, 2.75) is 0 Å². The molecule has 0 spiro atoms. The normalized spacial score (nSPS) is 14.0. The molecule has 0 aliphatic carbocycles. The second kappa shape index (κ2) is 4.02. The van der Waals surface area contributed by atoms with Gasteiger partial charge in [0.05, 0.1) is 0 Å². The zero-order chi connectivity index (χ0) is 7.71. The summed E-state index contributed by atoms with van der Waals surface area (Å²) in [6.07, 6.45) is 0. The van der Waals surface area contributed by atoms with Crippen LogP contribution in [0.15, 0.2) is 0 Å². The van der Waals surface area contributed by atoms with Crippen molar-refractivity contribution in [1.29, 1.82) is 0 Å². The second-order valence-corrected chi connectivity index (χ2v) is 30.3. The van der Waals surface area contributed by atoms with Gasteiger partial charge in [0.2, 0.25) is 0 Å². The van der Waals surface area contributed by atoms with Crippen molar-refractivity contribution in [3.63, 3.8) is 0 Å². The van der Waals surface area contributed by atoms with Crippen molar-refractivity contribution in [3.8, 4) is 0 Å². The van der Waals surface area contributed by atoms with Crippen molar-refractivity contribution in [3.05, 3.63) is 0 Å². The fraction of sp³-hybridized carbons (Fsp3) is 0. The lowest BCUT2D eigenvalue weighted by Gasteiger charge is -2.11. The predicted octanol–water partition coefficient (Wildman–Crippen LogP) is 3.97. The molecule has 0 bridgehead atoms. The molecule has 0 saturated carbocycles. The second-order valence-electron chi connectivity index (χ2n) is 1.12. The maximum atomic E-state index is 5.48. The summed E-state index contributed by atoms with van der Waals surface area (Å²) < 4.78 is 0. The zero-order valence-electron chi connectivity index (χ0n) is 3.77. The Hall–Kier alpha value is 2.60. The molecule has 56 valence electrons. The highest BCUT2D eigenvalue weighted by atomic mass is 35.9. The summed E-state index contributed by atoms with van der Waals surface area (Å²) in [5.41, 5.74) is -5.36. The van der Waals surface area contributed by atoms with Gasteiger partial charge in [-0.3, -0.25) is 0 Å². The van der Waals surface area contributed by atoms with E-state index < -0.39 is 11.3 Å². The van der Waals surface area contributed by atoms with Gasteiger partial charge in [-0.2, -0.15) is 0 Å². The third kappa shape index (κ3) is 10.6. The molecule has 0 aromatic rings. The van der Waals surface area contributed by atoms with Gasteiger partial charge in [-0.15, -0.1) is 66.5 Å². The Morgan fingerprint density at radius 2 is 0.889 bits per heavy atom. The van der Waals surface area contributed by atoms with Crippen LogP contribution in [0.1, 0.15) is 0 Å². The lowest BCUT2D eigenvalue weighted by Crippen LogP contribution is -2.12. The van der Waals surface area contributed by atoms with E-state index in [1.54, 1.807) is 0 Å². The minimum Gasteiger partial charge on any atom is -0.122 e. The topological polar surface area (TPSA) is 0 Å². The van der Waals surface area contributed by atoms with Gasteiger partial charge in [-0.1, -0.05) is 7.68 Å². The van der Waals surface area contributed by atoms with Crippen LogP contribution in [0.3, 0.4) is 0 Å². The van der Waals surface area contributed by atoms with Crippen molar-refractivity contribution >= 4 is 85.5 Å². The lowest BCUT2D eigenvalue weighted by molar-refractivity contribution is 3.72. The summed E-state index contributed by atoms with van der Waals surface area (Å²) in [5.74, 6) is 0. The third-order valence-corrected chi connectivity index (χ3v) is 23.0. The molecule has 9 heteroatoms. The van der Waals surface area contributed by atoms with Crippen LogP contribution in [0.25, 0.3) is 0 Å². The molecule has 0 heterocycles. The van der Waals surface area contributed by atoms with Gasteiger partial charge >= 0.3 is 11.3 Å². The van der Waals surface area contributed by atoms with E-state index >= 15 is 0 Å². The summed E-state index contributed by atoms with van der Waals surface area (Å²) in [4.78, 5) is 0. The number of hydrogen-bond donors (Lipinski definition) is 0. The molecule has 0 aliphatic rings. The highest BCUT2D eigenvalue weighted by molar-refractivity contribution is 8.36. The molecular formula is HCl6PSi2. The molecule has 0 unspecified atom stereocenters. The maximum Gasteiger partial charge on any atom is 0.362 e. The van der Waals surface area contributed by atoms with E-state index in [0.717, 1.165) is 0 Å². The average molecular weight is 301 g/mol. The van der Waals surface area contributed by atoms with Crippen LogP contribution in [-0.2, 0) is 0 Å². The van der Waals surface area contributed by atoms with Crippen molar-refractivity contribution in [1.82, 2.24) is 0 Å². The van der Waals surface area contributed by atoms with Gasteiger partial charge in [0, 0.05) is 0 Å². The monoisotopic (exact) mass is 298 g/mol. The maximum absolute atomic E-state index is 5.48. The fourth-order valence-electron chi connectivity index (χ4n) is 0.161. The molecule has 0 fully saturated rings. The molecule has 0 aliphatic heterocycles. The SMILES string of the molecule is Cl[Si](Cl)(Cl)P[Si](Cl)(Cl)Cl. The Kier molecular flexibility index (Phi) is 5.18. The smallest absolute Gasteiger partial charge is 0.122 e. The van der Waals surface area contributed by atoms with Gasteiger partial charge in [-0.25, -0.2) is 0 Å². The number of rotatable bonds is 2. The molecule has 0 atom stereocenters. The molecular weight excluding hydrogens is 300 g/mol. The highest BCUT2D eigenvalue weighted by Gasteiger charge is 2.39.